The van der Waals surface area contributed by atoms with E-state index >= 15 is 0 Å². The highest BCUT2D eigenvalue weighted by molar-refractivity contribution is 5.42. The summed E-state index contributed by atoms with van der Waals surface area (Å²) < 4.78 is 6.00. The highest BCUT2D eigenvalue weighted by Gasteiger charge is 2.41. The van der Waals surface area contributed by atoms with Gasteiger partial charge in [-0.2, -0.15) is 0 Å². The normalized spacial score (nSPS) is 21.8. The number of fused-ring (bicyclic) bond motifs is 1. The van der Waals surface area contributed by atoms with Gasteiger partial charge in [0.05, 0.1) is 12.1 Å². The Hall–Kier alpha value is -1.46. The predicted molar refractivity (Wildman–Crippen MR) is 74.6 cm³/mol. The number of terminal acetylenes is 1. The topological polar surface area (TPSA) is 21.3 Å². The monoisotopic (exact) mass is 243 g/mol. The number of benzene rings is 1. The van der Waals surface area contributed by atoms with Crippen LogP contribution in [0, 0.1) is 12.3 Å². The molecule has 0 aromatic heterocycles. The van der Waals surface area contributed by atoms with Crippen molar-refractivity contribution in [3.05, 3.63) is 29.8 Å². The van der Waals surface area contributed by atoms with Gasteiger partial charge >= 0.3 is 0 Å². The lowest BCUT2D eigenvalue weighted by molar-refractivity contribution is 0.0934. The molecule has 1 aliphatic rings. The third-order valence-corrected chi connectivity index (χ3v) is 3.44. The first-order valence-corrected chi connectivity index (χ1v) is 6.58. The van der Waals surface area contributed by atoms with E-state index in [2.05, 4.69) is 38.1 Å². The molecule has 0 bridgehead atoms. The summed E-state index contributed by atoms with van der Waals surface area (Å²) in [6.45, 7) is 6.35. The first-order chi connectivity index (χ1) is 8.58. The molecule has 1 aromatic rings. The lowest BCUT2D eigenvalue weighted by atomic mass is 9.93. The summed E-state index contributed by atoms with van der Waals surface area (Å²) in [6, 6.07) is 8.44. The van der Waals surface area contributed by atoms with Crippen LogP contribution in [-0.4, -0.2) is 11.6 Å². The van der Waals surface area contributed by atoms with Gasteiger partial charge in [-0.05, 0) is 26.3 Å². The minimum Gasteiger partial charge on any atom is -0.486 e. The molecule has 18 heavy (non-hydrogen) atoms. The summed E-state index contributed by atoms with van der Waals surface area (Å²) >= 11 is 0. The zero-order chi connectivity index (χ0) is 13.2. The third kappa shape index (κ3) is 2.37. The molecule has 2 nitrogen and oxygen atoms in total. The molecule has 0 radical (unpaired) electrons. The predicted octanol–water partition coefficient (Wildman–Crippen LogP) is 3.29. The largest absolute Gasteiger partial charge is 0.486 e. The van der Waals surface area contributed by atoms with Gasteiger partial charge in [0.2, 0.25) is 0 Å². The minimum atomic E-state index is -0.257. The number of hydrogen-bond acceptors (Lipinski definition) is 2. The molecule has 0 amide bonds. The van der Waals surface area contributed by atoms with Crippen molar-refractivity contribution in [3.8, 4) is 18.1 Å². The molecule has 0 saturated heterocycles. The van der Waals surface area contributed by atoms with Crippen molar-refractivity contribution in [2.75, 3.05) is 0 Å². The molecule has 0 fully saturated rings. The van der Waals surface area contributed by atoms with E-state index in [1.165, 1.54) is 5.56 Å². The van der Waals surface area contributed by atoms with Crippen molar-refractivity contribution in [1.29, 1.82) is 0 Å². The van der Waals surface area contributed by atoms with Crippen LogP contribution in [0.15, 0.2) is 24.3 Å². The molecular weight excluding hydrogens is 222 g/mol. The second-order valence-electron chi connectivity index (χ2n) is 5.35. The molecule has 2 rings (SSSR count). The van der Waals surface area contributed by atoms with Crippen molar-refractivity contribution in [1.82, 2.24) is 5.32 Å². The maximum Gasteiger partial charge on any atom is 0.125 e. The van der Waals surface area contributed by atoms with Crippen molar-refractivity contribution in [3.63, 3.8) is 0 Å². The zero-order valence-electron chi connectivity index (χ0n) is 11.4. The fourth-order valence-electron chi connectivity index (χ4n) is 2.52. The lowest BCUT2D eigenvalue weighted by Crippen LogP contribution is -2.43. The van der Waals surface area contributed by atoms with Gasteiger partial charge in [-0.25, -0.2) is 0 Å². The summed E-state index contributed by atoms with van der Waals surface area (Å²) in [4.78, 5) is 0. The zero-order valence-corrected chi connectivity index (χ0v) is 11.4. The van der Waals surface area contributed by atoms with Gasteiger partial charge in [-0.3, -0.25) is 5.32 Å². The number of nitrogens with one attached hydrogen (secondary N) is 1. The number of hydrogen-bond donors (Lipinski definition) is 1. The SMILES string of the molecule is C#CC(CCC)NC1c2ccccc2OC1(C)C. The molecule has 1 aliphatic heterocycles. The molecule has 0 saturated carbocycles. The lowest BCUT2D eigenvalue weighted by Gasteiger charge is -2.29. The van der Waals surface area contributed by atoms with E-state index in [4.69, 9.17) is 11.2 Å². The second-order valence-corrected chi connectivity index (χ2v) is 5.35. The van der Waals surface area contributed by atoms with Crippen LogP contribution in [0.2, 0.25) is 0 Å². The molecular formula is C16H21NO. The van der Waals surface area contributed by atoms with Crippen molar-refractivity contribution in [2.45, 2.75) is 51.3 Å². The van der Waals surface area contributed by atoms with Gasteiger partial charge < -0.3 is 4.74 Å². The highest BCUT2D eigenvalue weighted by Crippen LogP contribution is 2.42. The summed E-state index contributed by atoms with van der Waals surface area (Å²) in [6.07, 6.45) is 7.66. The van der Waals surface area contributed by atoms with Gasteiger partial charge in [-0.1, -0.05) is 37.5 Å². The van der Waals surface area contributed by atoms with Crippen LogP contribution < -0.4 is 10.1 Å². The van der Waals surface area contributed by atoms with E-state index < -0.39 is 0 Å². The van der Waals surface area contributed by atoms with Gasteiger partial charge in [-0.15, -0.1) is 6.42 Å². The quantitative estimate of drug-likeness (QED) is 0.819. The molecule has 96 valence electrons. The third-order valence-electron chi connectivity index (χ3n) is 3.44. The van der Waals surface area contributed by atoms with E-state index in [-0.39, 0.29) is 17.7 Å². The molecule has 1 N–H and O–H groups in total. The molecule has 1 aromatic carbocycles. The van der Waals surface area contributed by atoms with Crippen LogP contribution in [0.25, 0.3) is 0 Å². The van der Waals surface area contributed by atoms with E-state index in [1.54, 1.807) is 0 Å². The van der Waals surface area contributed by atoms with Crippen LogP contribution in [0.1, 0.15) is 45.2 Å². The first-order valence-electron chi connectivity index (χ1n) is 6.58. The smallest absolute Gasteiger partial charge is 0.125 e. The maximum absolute atomic E-state index is 6.00. The fourth-order valence-corrected chi connectivity index (χ4v) is 2.52. The Balaban J connectivity index is 2.23. The molecule has 2 heteroatoms. The van der Waals surface area contributed by atoms with Crippen molar-refractivity contribution in [2.24, 2.45) is 0 Å². The van der Waals surface area contributed by atoms with E-state index in [9.17, 15) is 0 Å². The Morgan fingerprint density at radius 3 is 2.83 bits per heavy atom. The van der Waals surface area contributed by atoms with Crippen molar-refractivity contribution >= 4 is 0 Å². The van der Waals surface area contributed by atoms with Crippen LogP contribution in [-0.2, 0) is 0 Å². The summed E-state index contributed by atoms with van der Waals surface area (Å²) in [7, 11) is 0. The summed E-state index contributed by atoms with van der Waals surface area (Å²) in [5.41, 5.74) is 0.950. The first kappa shape index (κ1) is 13.0. The summed E-state index contributed by atoms with van der Waals surface area (Å²) in [5.74, 6) is 3.80. The van der Waals surface area contributed by atoms with Gasteiger partial charge in [0.25, 0.3) is 0 Å². The Kier molecular flexibility index (Phi) is 3.63. The Bertz CT molecular complexity index is 458. The van der Waals surface area contributed by atoms with Crippen molar-refractivity contribution < 1.29 is 4.74 Å². The number of rotatable bonds is 4. The van der Waals surface area contributed by atoms with E-state index in [0.717, 1.165) is 18.6 Å². The maximum atomic E-state index is 6.00. The van der Waals surface area contributed by atoms with Crippen LogP contribution in [0.4, 0.5) is 0 Å². The Labute approximate surface area is 110 Å². The van der Waals surface area contributed by atoms with E-state index in [1.807, 2.05) is 18.2 Å². The average Bonchev–Trinajstić information content (AvgIpc) is 2.59. The molecule has 0 aliphatic carbocycles. The number of para-hydroxylation sites is 1. The standard InChI is InChI=1S/C16H21NO/c1-5-9-12(6-2)17-15-13-10-7-8-11-14(13)18-16(15,3)4/h2,7-8,10-12,15,17H,5,9H2,1,3-4H3. The molecule has 2 unspecified atom stereocenters. The van der Waals surface area contributed by atoms with Crippen LogP contribution in [0.5, 0.6) is 5.75 Å². The van der Waals surface area contributed by atoms with E-state index in [0.29, 0.717) is 0 Å². The highest BCUT2D eigenvalue weighted by atomic mass is 16.5. The average molecular weight is 243 g/mol. The van der Waals surface area contributed by atoms with Crippen LogP contribution in [0.3, 0.4) is 0 Å². The fraction of sp³-hybridized carbons (Fsp3) is 0.500. The molecule has 2 atom stereocenters. The summed E-state index contributed by atoms with van der Waals surface area (Å²) in [5, 5.41) is 3.55. The molecule has 0 spiro atoms. The number of ether oxygens (including phenoxy) is 1. The Morgan fingerprint density at radius 2 is 2.17 bits per heavy atom. The minimum absolute atomic E-state index is 0.106. The molecule has 1 heterocycles. The van der Waals surface area contributed by atoms with Gasteiger partial charge in [0, 0.05) is 5.56 Å². The van der Waals surface area contributed by atoms with Crippen LogP contribution >= 0.6 is 0 Å². The van der Waals surface area contributed by atoms with Gasteiger partial charge in [0.1, 0.15) is 11.4 Å². The van der Waals surface area contributed by atoms with Gasteiger partial charge in [0.15, 0.2) is 0 Å². The Morgan fingerprint density at radius 1 is 1.44 bits per heavy atom. The second kappa shape index (κ2) is 5.04.